The van der Waals surface area contributed by atoms with E-state index in [2.05, 4.69) is 6.07 Å². The van der Waals surface area contributed by atoms with E-state index in [4.69, 9.17) is 5.26 Å². The molecule has 0 N–H and O–H groups in total. The molecule has 0 aromatic carbocycles. The molecule has 0 spiro atoms. The summed E-state index contributed by atoms with van der Waals surface area (Å²) in [4.78, 5) is 0. The maximum absolute atomic E-state index is 8.37. The van der Waals surface area contributed by atoms with Gasteiger partial charge < -0.3 is 0 Å². The zero-order chi connectivity index (χ0) is 5.82. The first-order valence-corrected chi connectivity index (χ1v) is 3.02. The van der Waals surface area contributed by atoms with Crippen molar-refractivity contribution in [3.05, 3.63) is 12.3 Å². The van der Waals surface area contributed by atoms with Crippen molar-refractivity contribution < 1.29 is 0 Å². The quantitative estimate of drug-likeness (QED) is 0.463. The molecule has 1 aliphatic rings. The minimum absolute atomic E-state index is 0.983. The van der Waals surface area contributed by atoms with E-state index in [1.54, 1.807) is 0 Å². The lowest BCUT2D eigenvalue weighted by Crippen LogP contribution is -2.00. The minimum Gasteiger partial charge on any atom is -0.198 e. The van der Waals surface area contributed by atoms with E-state index < -0.39 is 0 Å². The summed E-state index contributed by atoms with van der Waals surface area (Å²) in [7, 11) is 0. The highest BCUT2D eigenvalue weighted by molar-refractivity contribution is 5.21. The monoisotopic (exact) mass is 107 g/mol. The smallest absolute Gasteiger partial charge is 0.0794 e. The molecule has 1 rings (SSSR count). The van der Waals surface area contributed by atoms with Gasteiger partial charge in [0.1, 0.15) is 0 Å². The summed E-state index contributed by atoms with van der Waals surface area (Å²) >= 11 is 0. The van der Waals surface area contributed by atoms with Crippen LogP contribution in [0.2, 0.25) is 0 Å². The van der Waals surface area contributed by atoms with E-state index in [0.29, 0.717) is 0 Å². The zero-order valence-electron chi connectivity index (χ0n) is 4.85. The molecule has 1 fully saturated rings. The Kier molecular flexibility index (Phi) is 1.91. The second-order valence-electron chi connectivity index (χ2n) is 2.09. The van der Waals surface area contributed by atoms with Crippen LogP contribution in [0.25, 0.3) is 0 Å². The van der Waals surface area contributed by atoms with Gasteiger partial charge in [0.05, 0.1) is 12.0 Å². The van der Waals surface area contributed by atoms with Gasteiger partial charge in [-0.05, 0) is 19.3 Å². The largest absolute Gasteiger partial charge is 0.198 e. The lowest BCUT2D eigenvalue weighted by molar-refractivity contribution is 0.641. The maximum Gasteiger partial charge on any atom is 0.0794 e. The van der Waals surface area contributed by atoms with Gasteiger partial charge in [-0.25, -0.2) is 0 Å². The molecule has 1 heteroatoms. The van der Waals surface area contributed by atoms with Crippen molar-refractivity contribution in [3.8, 4) is 6.07 Å². The SMILES string of the molecule is N#C[C]1[CH]CCCC1. The summed E-state index contributed by atoms with van der Waals surface area (Å²) in [6, 6.07) is 2.16. The number of hydrogen-bond donors (Lipinski definition) is 0. The second-order valence-corrected chi connectivity index (χ2v) is 2.09. The van der Waals surface area contributed by atoms with Crippen molar-refractivity contribution in [1.29, 1.82) is 5.26 Å². The van der Waals surface area contributed by atoms with Crippen LogP contribution in [0, 0.1) is 23.7 Å². The molecular formula is C7H9N. The van der Waals surface area contributed by atoms with Crippen LogP contribution in [-0.2, 0) is 0 Å². The van der Waals surface area contributed by atoms with Crippen molar-refractivity contribution in [2.24, 2.45) is 0 Å². The standard InChI is InChI=1S/C7H9N/c8-6-7-4-2-1-3-5-7/h4H,1-3,5H2. The number of hydrogen-bond acceptors (Lipinski definition) is 1. The average Bonchev–Trinajstić information content (AvgIpc) is 1.90. The van der Waals surface area contributed by atoms with E-state index in [1.165, 1.54) is 12.8 Å². The molecule has 8 heavy (non-hydrogen) atoms. The molecule has 0 heterocycles. The molecule has 0 aromatic heterocycles. The Labute approximate surface area is 50.3 Å². The molecule has 1 nitrogen and oxygen atoms in total. The fourth-order valence-corrected chi connectivity index (χ4v) is 0.940. The van der Waals surface area contributed by atoms with E-state index in [1.807, 2.05) is 6.42 Å². The first-order chi connectivity index (χ1) is 3.93. The highest BCUT2D eigenvalue weighted by Crippen LogP contribution is 2.22. The van der Waals surface area contributed by atoms with E-state index in [9.17, 15) is 0 Å². The van der Waals surface area contributed by atoms with Crippen molar-refractivity contribution in [2.45, 2.75) is 25.7 Å². The zero-order valence-corrected chi connectivity index (χ0v) is 4.85. The van der Waals surface area contributed by atoms with Gasteiger partial charge in [-0.3, -0.25) is 0 Å². The van der Waals surface area contributed by atoms with Gasteiger partial charge in [0.2, 0.25) is 0 Å². The molecule has 0 saturated heterocycles. The van der Waals surface area contributed by atoms with Crippen LogP contribution < -0.4 is 0 Å². The molecule has 42 valence electrons. The Morgan fingerprint density at radius 3 is 2.75 bits per heavy atom. The van der Waals surface area contributed by atoms with Crippen LogP contribution in [0.15, 0.2) is 0 Å². The molecule has 0 aliphatic heterocycles. The predicted octanol–water partition coefficient (Wildman–Crippen LogP) is 1.86. The normalized spacial score (nSPS) is 22.4. The van der Waals surface area contributed by atoms with E-state index in [-0.39, 0.29) is 0 Å². The van der Waals surface area contributed by atoms with Crippen molar-refractivity contribution in [2.75, 3.05) is 0 Å². The molecule has 0 unspecified atom stereocenters. The second kappa shape index (κ2) is 2.71. The number of nitrogens with zero attached hydrogens (tertiary/aromatic N) is 1. The topological polar surface area (TPSA) is 23.8 Å². The van der Waals surface area contributed by atoms with Crippen molar-refractivity contribution in [1.82, 2.24) is 0 Å². The molecule has 2 radical (unpaired) electrons. The van der Waals surface area contributed by atoms with E-state index in [0.717, 1.165) is 18.8 Å². The fraction of sp³-hybridized carbons (Fsp3) is 0.571. The lowest BCUT2D eigenvalue weighted by Gasteiger charge is -2.11. The third kappa shape index (κ3) is 1.23. The molecule has 0 atom stereocenters. The van der Waals surface area contributed by atoms with Gasteiger partial charge in [0.15, 0.2) is 0 Å². The molecular weight excluding hydrogens is 98.1 g/mol. The summed E-state index contributed by atoms with van der Waals surface area (Å²) in [6.07, 6.45) is 6.65. The highest BCUT2D eigenvalue weighted by Gasteiger charge is 2.12. The van der Waals surface area contributed by atoms with Crippen molar-refractivity contribution >= 4 is 0 Å². The maximum atomic E-state index is 8.37. The summed E-state index contributed by atoms with van der Waals surface area (Å²) in [5.41, 5.74) is 0. The van der Waals surface area contributed by atoms with Crippen LogP contribution in [0.4, 0.5) is 0 Å². The lowest BCUT2D eigenvalue weighted by atomic mass is 9.91. The first-order valence-electron chi connectivity index (χ1n) is 3.02. The Morgan fingerprint density at radius 2 is 2.38 bits per heavy atom. The summed E-state index contributed by atoms with van der Waals surface area (Å²) in [5, 5.41) is 8.37. The highest BCUT2D eigenvalue weighted by atomic mass is 14.3. The molecule has 1 saturated carbocycles. The van der Waals surface area contributed by atoms with Crippen molar-refractivity contribution in [3.63, 3.8) is 0 Å². The molecule has 0 aromatic rings. The van der Waals surface area contributed by atoms with Gasteiger partial charge in [-0.2, -0.15) is 5.26 Å². The number of nitriles is 1. The van der Waals surface area contributed by atoms with Crippen LogP contribution in [0.3, 0.4) is 0 Å². The van der Waals surface area contributed by atoms with Gasteiger partial charge in [-0.15, -0.1) is 0 Å². The Balaban J connectivity index is 2.25. The van der Waals surface area contributed by atoms with Gasteiger partial charge in [0, 0.05) is 0 Å². The molecule has 0 amide bonds. The summed E-state index contributed by atoms with van der Waals surface area (Å²) in [6.45, 7) is 0. The van der Waals surface area contributed by atoms with Crippen LogP contribution in [-0.4, -0.2) is 0 Å². The fourth-order valence-electron chi connectivity index (χ4n) is 0.940. The third-order valence-corrected chi connectivity index (χ3v) is 1.43. The average molecular weight is 107 g/mol. The summed E-state index contributed by atoms with van der Waals surface area (Å²) in [5.74, 6) is 0.983. The van der Waals surface area contributed by atoms with Gasteiger partial charge in [0.25, 0.3) is 0 Å². The first kappa shape index (κ1) is 5.62. The minimum atomic E-state index is 0.983. The molecule has 0 bridgehead atoms. The van der Waals surface area contributed by atoms with Crippen LogP contribution in [0.1, 0.15) is 25.7 Å². The van der Waals surface area contributed by atoms with E-state index >= 15 is 0 Å². The van der Waals surface area contributed by atoms with Gasteiger partial charge in [-0.1, -0.05) is 12.8 Å². The Bertz CT molecular complexity index is 95.4. The Hall–Kier alpha value is -0.510. The third-order valence-electron chi connectivity index (χ3n) is 1.43. The summed E-state index contributed by atoms with van der Waals surface area (Å²) < 4.78 is 0. The predicted molar refractivity (Wildman–Crippen MR) is 31.6 cm³/mol. The Morgan fingerprint density at radius 1 is 1.50 bits per heavy atom. The van der Waals surface area contributed by atoms with Crippen LogP contribution in [0.5, 0.6) is 0 Å². The van der Waals surface area contributed by atoms with Crippen LogP contribution >= 0.6 is 0 Å². The van der Waals surface area contributed by atoms with Gasteiger partial charge >= 0.3 is 0 Å². The number of rotatable bonds is 0. The molecule has 1 aliphatic carbocycles.